The van der Waals surface area contributed by atoms with Crippen molar-refractivity contribution in [3.8, 4) is 0 Å². The fourth-order valence-corrected chi connectivity index (χ4v) is 1.74. The molecule has 1 aliphatic heterocycles. The zero-order valence-corrected chi connectivity index (χ0v) is 7.07. The van der Waals surface area contributed by atoms with E-state index in [9.17, 15) is 4.79 Å². The van der Waals surface area contributed by atoms with E-state index in [2.05, 4.69) is 9.39 Å². The minimum Gasteiger partial charge on any atom is -0.311 e. The van der Waals surface area contributed by atoms with Crippen molar-refractivity contribution >= 4 is 22.9 Å². The third kappa shape index (κ3) is 1.80. The van der Waals surface area contributed by atoms with Crippen LogP contribution in [0.25, 0.3) is 0 Å². The third-order valence-electron chi connectivity index (χ3n) is 1.87. The molecule has 2 atom stereocenters. The summed E-state index contributed by atoms with van der Waals surface area (Å²) in [6.07, 6.45) is 3.21. The van der Waals surface area contributed by atoms with Crippen LogP contribution in [-0.4, -0.2) is 30.8 Å². The highest BCUT2D eigenvalue weighted by Gasteiger charge is 2.21. The summed E-state index contributed by atoms with van der Waals surface area (Å²) < 4.78 is 1.95. The Balaban J connectivity index is 2.47. The second-order valence-corrected chi connectivity index (χ2v) is 3.32. The Kier molecular flexibility index (Phi) is 2.88. The summed E-state index contributed by atoms with van der Waals surface area (Å²) >= 11 is 0. The van der Waals surface area contributed by atoms with Crippen molar-refractivity contribution in [2.24, 2.45) is 0 Å². The summed E-state index contributed by atoms with van der Waals surface area (Å²) in [5.74, 6) is 0. The normalized spacial score (nSPS) is 28.3. The smallest absolute Gasteiger partial charge is 0.170 e. The Morgan fingerprint density at radius 3 is 2.70 bits per heavy atom. The van der Waals surface area contributed by atoms with Gasteiger partial charge in [-0.05, 0) is 12.8 Å². The monoisotopic (exact) mass is 155 g/mol. The van der Waals surface area contributed by atoms with Gasteiger partial charge in [-0.2, -0.15) is 0 Å². The van der Waals surface area contributed by atoms with Crippen LogP contribution in [0.1, 0.15) is 19.3 Å². The van der Waals surface area contributed by atoms with Crippen LogP contribution in [0.4, 0.5) is 0 Å². The molecule has 0 saturated carbocycles. The number of hydrogen-bond donors (Lipinski definition) is 0. The summed E-state index contributed by atoms with van der Waals surface area (Å²) in [7, 11) is 7.71. The molecule has 4 heteroatoms. The van der Waals surface area contributed by atoms with Crippen LogP contribution in [0.3, 0.4) is 0 Å². The van der Waals surface area contributed by atoms with Gasteiger partial charge >= 0.3 is 0 Å². The van der Waals surface area contributed by atoms with Crippen LogP contribution in [0.5, 0.6) is 0 Å². The molecule has 0 bridgehead atoms. The Hall–Kier alpha value is 0.125. The number of carbonyl (C=O) groups is 1. The van der Waals surface area contributed by atoms with Crippen LogP contribution >= 0.6 is 9.39 Å². The van der Waals surface area contributed by atoms with Gasteiger partial charge in [0.25, 0.3) is 0 Å². The molecule has 0 amide bonds. The van der Waals surface area contributed by atoms with Gasteiger partial charge in [-0.15, -0.1) is 0 Å². The SMILES string of the molecule is [B]C(=O)C1CCCCN1P. The molecule has 0 aromatic rings. The minimum absolute atomic E-state index is 0.0428. The van der Waals surface area contributed by atoms with E-state index in [1.54, 1.807) is 0 Å². The molecule has 2 nitrogen and oxygen atoms in total. The topological polar surface area (TPSA) is 20.3 Å². The second kappa shape index (κ2) is 3.50. The molecule has 1 rings (SSSR count). The summed E-state index contributed by atoms with van der Waals surface area (Å²) in [6.45, 7) is 0.971. The van der Waals surface area contributed by atoms with Crippen molar-refractivity contribution < 1.29 is 4.79 Å². The predicted molar refractivity (Wildman–Crippen MR) is 44.8 cm³/mol. The Morgan fingerprint density at radius 1 is 1.60 bits per heavy atom. The fraction of sp³-hybridized carbons (Fsp3) is 0.833. The van der Waals surface area contributed by atoms with Gasteiger partial charge in [0, 0.05) is 6.54 Å². The van der Waals surface area contributed by atoms with E-state index in [1.165, 1.54) is 6.42 Å². The highest BCUT2D eigenvalue weighted by Crippen LogP contribution is 2.19. The van der Waals surface area contributed by atoms with E-state index < -0.39 is 0 Å². The highest BCUT2D eigenvalue weighted by molar-refractivity contribution is 7.13. The number of carbonyl (C=O) groups excluding carboxylic acids is 1. The van der Waals surface area contributed by atoms with Crippen LogP contribution in [0.2, 0.25) is 0 Å². The maximum atomic E-state index is 10.7. The number of rotatable bonds is 1. The van der Waals surface area contributed by atoms with E-state index >= 15 is 0 Å². The minimum atomic E-state index is -0.199. The van der Waals surface area contributed by atoms with Gasteiger partial charge in [0.1, 0.15) is 0 Å². The Labute approximate surface area is 65.0 Å². The van der Waals surface area contributed by atoms with Gasteiger partial charge < -0.3 is 4.79 Å². The van der Waals surface area contributed by atoms with Gasteiger partial charge in [-0.1, -0.05) is 15.8 Å². The summed E-state index contributed by atoms with van der Waals surface area (Å²) in [5.41, 5.74) is -0.199. The standard InChI is InChI=1S/C6H11BNOP/c7-6(9)5-3-1-2-4-8(5)10/h5H,1-4,10H2. The third-order valence-corrected chi connectivity index (χ3v) is 2.49. The van der Waals surface area contributed by atoms with E-state index in [-0.39, 0.29) is 11.7 Å². The van der Waals surface area contributed by atoms with Crippen molar-refractivity contribution in [2.45, 2.75) is 25.3 Å². The molecular formula is C6H11BNOP. The van der Waals surface area contributed by atoms with Gasteiger partial charge in [-0.3, -0.25) is 4.67 Å². The Bertz CT molecular complexity index is 142. The molecule has 1 aliphatic rings. The number of hydrogen-bond acceptors (Lipinski definition) is 2. The molecule has 0 spiro atoms. The van der Waals surface area contributed by atoms with Crippen molar-refractivity contribution in [2.75, 3.05) is 6.54 Å². The van der Waals surface area contributed by atoms with Gasteiger partial charge in [0.05, 0.1) is 11.7 Å². The molecule has 1 saturated heterocycles. The molecule has 0 aromatic heterocycles. The molecule has 2 radical (unpaired) electrons. The molecule has 0 aliphatic carbocycles. The molecule has 2 unspecified atom stereocenters. The lowest BCUT2D eigenvalue weighted by Gasteiger charge is -2.30. The van der Waals surface area contributed by atoms with E-state index in [0.29, 0.717) is 0 Å². The van der Waals surface area contributed by atoms with E-state index in [0.717, 1.165) is 19.4 Å². The van der Waals surface area contributed by atoms with Crippen LogP contribution in [0, 0.1) is 0 Å². The average molecular weight is 155 g/mol. The first-order chi connectivity index (χ1) is 4.72. The quantitative estimate of drug-likeness (QED) is 0.401. The predicted octanol–water partition coefficient (Wildman–Crippen LogP) is 0.326. The largest absolute Gasteiger partial charge is 0.311 e. The molecule has 1 heterocycles. The van der Waals surface area contributed by atoms with Crippen LogP contribution in [-0.2, 0) is 4.79 Å². The molecule has 54 valence electrons. The summed E-state index contributed by atoms with van der Waals surface area (Å²) in [5, 5.41) is 0. The van der Waals surface area contributed by atoms with E-state index in [1.807, 2.05) is 4.67 Å². The van der Waals surface area contributed by atoms with Gasteiger partial charge in [0.15, 0.2) is 7.85 Å². The van der Waals surface area contributed by atoms with Crippen molar-refractivity contribution in [1.29, 1.82) is 0 Å². The second-order valence-electron chi connectivity index (χ2n) is 2.65. The molecular weight excluding hydrogens is 144 g/mol. The van der Waals surface area contributed by atoms with Crippen molar-refractivity contribution in [3.05, 3.63) is 0 Å². The molecule has 0 aromatic carbocycles. The maximum Gasteiger partial charge on any atom is 0.170 e. The van der Waals surface area contributed by atoms with Crippen LogP contribution < -0.4 is 0 Å². The van der Waals surface area contributed by atoms with E-state index in [4.69, 9.17) is 7.85 Å². The first kappa shape index (κ1) is 8.22. The molecule has 10 heavy (non-hydrogen) atoms. The number of piperidine rings is 1. The zero-order chi connectivity index (χ0) is 7.56. The van der Waals surface area contributed by atoms with Crippen LogP contribution in [0.15, 0.2) is 0 Å². The summed E-state index contributed by atoms with van der Waals surface area (Å²) in [6, 6.07) is -0.0428. The number of nitrogens with zero attached hydrogens (tertiary/aromatic N) is 1. The average Bonchev–Trinajstić information content (AvgIpc) is 1.88. The highest BCUT2D eigenvalue weighted by atomic mass is 31.0. The molecule has 0 N–H and O–H groups in total. The first-order valence-corrected chi connectivity index (χ1v) is 4.04. The summed E-state index contributed by atoms with van der Waals surface area (Å²) in [4.78, 5) is 10.7. The van der Waals surface area contributed by atoms with Crippen molar-refractivity contribution in [1.82, 2.24) is 4.67 Å². The fourth-order valence-electron chi connectivity index (χ4n) is 1.26. The Morgan fingerprint density at radius 2 is 2.30 bits per heavy atom. The van der Waals surface area contributed by atoms with Gasteiger partial charge in [0.2, 0.25) is 0 Å². The van der Waals surface area contributed by atoms with Gasteiger partial charge in [-0.25, -0.2) is 0 Å². The maximum absolute atomic E-state index is 10.7. The lowest BCUT2D eigenvalue weighted by Crippen LogP contribution is -2.38. The zero-order valence-electron chi connectivity index (χ0n) is 5.92. The first-order valence-electron chi connectivity index (χ1n) is 3.52. The lowest BCUT2D eigenvalue weighted by molar-refractivity contribution is -0.115. The molecule has 1 fully saturated rings. The lowest BCUT2D eigenvalue weighted by atomic mass is 9.89. The van der Waals surface area contributed by atoms with Crippen molar-refractivity contribution in [3.63, 3.8) is 0 Å².